The second-order valence-electron chi connectivity index (χ2n) is 3.53. The zero-order chi connectivity index (χ0) is 13.2. The number of hydrogen-bond acceptors (Lipinski definition) is 3. The Hall–Kier alpha value is -0.210. The number of rotatable bonds is 4. The highest BCUT2D eigenvalue weighted by Gasteiger charge is 2.17. The van der Waals surface area contributed by atoms with Crippen molar-refractivity contribution in [2.24, 2.45) is 0 Å². The molecule has 0 bridgehead atoms. The van der Waals surface area contributed by atoms with E-state index in [1.54, 1.807) is 29.5 Å². The monoisotopic (exact) mass is 409 g/mol. The van der Waals surface area contributed by atoms with E-state index in [1.165, 1.54) is 0 Å². The van der Waals surface area contributed by atoms with Gasteiger partial charge in [0.05, 0.1) is 4.90 Å². The maximum absolute atomic E-state index is 12.1. The Labute approximate surface area is 127 Å². The van der Waals surface area contributed by atoms with Crippen LogP contribution in [0.2, 0.25) is 0 Å². The minimum atomic E-state index is -3.50. The van der Waals surface area contributed by atoms with Crippen LogP contribution in [0.3, 0.4) is 0 Å². The Bertz CT molecular complexity index is 639. The molecule has 0 aliphatic rings. The van der Waals surface area contributed by atoms with E-state index in [0.29, 0.717) is 11.0 Å². The molecule has 1 heterocycles. The molecule has 0 saturated heterocycles. The summed E-state index contributed by atoms with van der Waals surface area (Å²) < 4.78 is 28.1. The predicted octanol–water partition coefficient (Wildman–Crippen LogP) is 3.75. The smallest absolute Gasteiger partial charge is 0.207 e. The maximum atomic E-state index is 12.1. The third-order valence-corrected chi connectivity index (χ3v) is 5.83. The molecule has 0 radical (unpaired) electrons. The number of halogens is 2. The summed E-state index contributed by atoms with van der Waals surface area (Å²) in [4.78, 5) is 0.237. The highest BCUT2D eigenvalue weighted by molar-refractivity contribution is 9.11. The van der Waals surface area contributed by atoms with Gasteiger partial charge in [-0.25, -0.2) is 13.1 Å². The zero-order valence-electron chi connectivity index (χ0n) is 9.06. The van der Waals surface area contributed by atoms with Gasteiger partial charge in [-0.2, -0.15) is 11.3 Å². The van der Waals surface area contributed by atoms with Crippen molar-refractivity contribution in [1.29, 1.82) is 0 Å². The molecule has 0 aliphatic carbocycles. The second-order valence-corrected chi connectivity index (χ2v) is 7.82. The molecule has 1 N–H and O–H groups in total. The molecule has 2 aromatic rings. The van der Waals surface area contributed by atoms with E-state index >= 15 is 0 Å². The van der Waals surface area contributed by atoms with Gasteiger partial charge in [-0.05, 0) is 56.5 Å². The Morgan fingerprint density at radius 1 is 1.22 bits per heavy atom. The van der Waals surface area contributed by atoms with Gasteiger partial charge in [0.1, 0.15) is 0 Å². The molecular formula is C11H9Br2NO2S2. The van der Waals surface area contributed by atoms with Gasteiger partial charge in [0.15, 0.2) is 0 Å². The Morgan fingerprint density at radius 3 is 2.61 bits per heavy atom. The predicted molar refractivity (Wildman–Crippen MR) is 80.2 cm³/mol. The first-order valence-electron chi connectivity index (χ1n) is 4.95. The minimum Gasteiger partial charge on any atom is -0.207 e. The first-order chi connectivity index (χ1) is 8.49. The van der Waals surface area contributed by atoms with Gasteiger partial charge in [-0.1, -0.05) is 15.9 Å². The SMILES string of the molecule is O=S(=O)(NCc1ccsc1)c1ccc(Br)cc1Br. The average Bonchev–Trinajstić information content (AvgIpc) is 2.78. The number of hydrogen-bond donors (Lipinski definition) is 1. The van der Waals surface area contributed by atoms with Crippen LogP contribution in [0.1, 0.15) is 5.56 Å². The van der Waals surface area contributed by atoms with Gasteiger partial charge in [0.2, 0.25) is 10.0 Å². The maximum Gasteiger partial charge on any atom is 0.241 e. The Morgan fingerprint density at radius 2 is 2.00 bits per heavy atom. The fourth-order valence-electron chi connectivity index (χ4n) is 1.34. The molecule has 0 amide bonds. The number of benzene rings is 1. The van der Waals surface area contributed by atoms with Gasteiger partial charge in [0, 0.05) is 15.5 Å². The lowest BCUT2D eigenvalue weighted by Crippen LogP contribution is -2.23. The van der Waals surface area contributed by atoms with E-state index in [-0.39, 0.29) is 4.90 Å². The summed E-state index contributed by atoms with van der Waals surface area (Å²) in [5, 5.41) is 3.83. The van der Waals surface area contributed by atoms with Gasteiger partial charge < -0.3 is 0 Å². The molecule has 3 nitrogen and oxygen atoms in total. The molecule has 1 aromatic heterocycles. The van der Waals surface area contributed by atoms with E-state index in [2.05, 4.69) is 36.6 Å². The summed E-state index contributed by atoms with van der Waals surface area (Å²) in [5.41, 5.74) is 0.955. The van der Waals surface area contributed by atoms with Crippen molar-refractivity contribution < 1.29 is 8.42 Å². The fraction of sp³-hybridized carbons (Fsp3) is 0.0909. The van der Waals surface area contributed by atoms with Crippen LogP contribution in [-0.2, 0) is 16.6 Å². The van der Waals surface area contributed by atoms with E-state index < -0.39 is 10.0 Å². The van der Waals surface area contributed by atoms with Crippen LogP contribution in [0.5, 0.6) is 0 Å². The third-order valence-electron chi connectivity index (χ3n) is 2.23. The first kappa shape index (κ1) is 14.2. The van der Waals surface area contributed by atoms with Crippen molar-refractivity contribution in [2.75, 3.05) is 0 Å². The molecule has 1 aromatic carbocycles. The van der Waals surface area contributed by atoms with Crippen molar-refractivity contribution in [3.63, 3.8) is 0 Å². The Balaban J connectivity index is 2.20. The lowest BCUT2D eigenvalue weighted by Gasteiger charge is -2.08. The summed E-state index contributed by atoms with van der Waals surface area (Å²) in [6.07, 6.45) is 0. The summed E-state index contributed by atoms with van der Waals surface area (Å²) in [7, 11) is -3.50. The van der Waals surface area contributed by atoms with Crippen LogP contribution >= 0.6 is 43.2 Å². The molecule has 96 valence electrons. The highest BCUT2D eigenvalue weighted by atomic mass is 79.9. The normalized spacial score (nSPS) is 11.7. The molecule has 7 heteroatoms. The van der Waals surface area contributed by atoms with Crippen LogP contribution in [0.25, 0.3) is 0 Å². The number of nitrogens with one attached hydrogen (secondary N) is 1. The molecule has 0 spiro atoms. The van der Waals surface area contributed by atoms with Crippen LogP contribution < -0.4 is 4.72 Å². The molecule has 0 unspecified atom stereocenters. The summed E-state index contributed by atoms with van der Waals surface area (Å²) in [6.45, 7) is 0.300. The molecule has 18 heavy (non-hydrogen) atoms. The fourth-order valence-corrected chi connectivity index (χ4v) is 4.77. The van der Waals surface area contributed by atoms with Gasteiger partial charge in [-0.15, -0.1) is 0 Å². The van der Waals surface area contributed by atoms with Crippen molar-refractivity contribution in [3.8, 4) is 0 Å². The second kappa shape index (κ2) is 5.83. The largest absolute Gasteiger partial charge is 0.241 e. The van der Waals surface area contributed by atoms with Crippen molar-refractivity contribution in [3.05, 3.63) is 49.5 Å². The lowest BCUT2D eigenvalue weighted by molar-refractivity contribution is 0.581. The van der Waals surface area contributed by atoms with E-state index in [1.807, 2.05) is 16.8 Å². The van der Waals surface area contributed by atoms with Crippen LogP contribution in [0, 0.1) is 0 Å². The molecule has 0 saturated carbocycles. The molecule has 2 rings (SSSR count). The molecule has 0 aliphatic heterocycles. The van der Waals surface area contributed by atoms with Gasteiger partial charge in [0.25, 0.3) is 0 Å². The van der Waals surface area contributed by atoms with Gasteiger partial charge >= 0.3 is 0 Å². The van der Waals surface area contributed by atoms with Crippen LogP contribution in [0.4, 0.5) is 0 Å². The minimum absolute atomic E-state index is 0.237. The molecule has 0 atom stereocenters. The molecular weight excluding hydrogens is 402 g/mol. The van der Waals surface area contributed by atoms with Crippen molar-refractivity contribution in [1.82, 2.24) is 4.72 Å². The molecule has 0 fully saturated rings. The first-order valence-corrected chi connectivity index (χ1v) is 8.96. The lowest BCUT2D eigenvalue weighted by atomic mass is 10.4. The van der Waals surface area contributed by atoms with E-state index in [4.69, 9.17) is 0 Å². The van der Waals surface area contributed by atoms with Crippen LogP contribution in [-0.4, -0.2) is 8.42 Å². The highest BCUT2D eigenvalue weighted by Crippen LogP contribution is 2.25. The quantitative estimate of drug-likeness (QED) is 0.834. The van der Waals surface area contributed by atoms with E-state index in [9.17, 15) is 8.42 Å². The van der Waals surface area contributed by atoms with Gasteiger partial charge in [-0.3, -0.25) is 0 Å². The van der Waals surface area contributed by atoms with Crippen molar-refractivity contribution >= 4 is 53.2 Å². The topological polar surface area (TPSA) is 46.2 Å². The zero-order valence-corrected chi connectivity index (χ0v) is 13.9. The standard InChI is InChI=1S/C11H9Br2NO2S2/c12-9-1-2-11(10(13)5-9)18(15,16)14-6-8-3-4-17-7-8/h1-5,7,14H,6H2. The van der Waals surface area contributed by atoms with E-state index in [0.717, 1.165) is 10.0 Å². The van der Waals surface area contributed by atoms with Crippen molar-refractivity contribution in [2.45, 2.75) is 11.4 Å². The summed E-state index contributed by atoms with van der Waals surface area (Å²) >= 11 is 8.09. The average molecular weight is 411 g/mol. The summed E-state index contributed by atoms with van der Waals surface area (Å²) in [6, 6.07) is 6.86. The summed E-state index contributed by atoms with van der Waals surface area (Å²) in [5.74, 6) is 0. The van der Waals surface area contributed by atoms with Crippen LogP contribution in [0.15, 0.2) is 48.9 Å². The number of thiophene rings is 1. The number of sulfonamides is 1. The Kier molecular flexibility index (Phi) is 4.60. The third kappa shape index (κ3) is 3.42.